The number of anilines is 4. The van der Waals surface area contributed by atoms with Gasteiger partial charge in [0.15, 0.2) is 21.9 Å². The molecular formula is C58H45Cl2F5N10O7. The molecule has 24 heteroatoms. The maximum Gasteiger partial charge on any atom is 0.347 e. The maximum absolute atomic E-state index is 13.5. The molecule has 17 nitrogen and oxygen atoms in total. The smallest absolute Gasteiger partial charge is 0.347 e. The summed E-state index contributed by atoms with van der Waals surface area (Å²) in [6.07, 6.45) is 3.18. The Morgan fingerprint density at radius 2 is 0.854 bits per heavy atom. The number of cyclic esters (lactones) is 2. The van der Waals surface area contributed by atoms with Crippen LogP contribution in [0.5, 0.6) is 11.5 Å². The van der Waals surface area contributed by atoms with E-state index >= 15 is 0 Å². The minimum Gasteiger partial charge on any atom is -0.497 e. The molecule has 1 aliphatic rings. The van der Waals surface area contributed by atoms with Gasteiger partial charge in [0.25, 0.3) is 11.1 Å². The summed E-state index contributed by atoms with van der Waals surface area (Å²) >= 11 is 11.4. The first-order valence-electron chi connectivity index (χ1n) is 24.2. The largest absolute Gasteiger partial charge is 0.497 e. The first kappa shape index (κ1) is 59.7. The zero-order chi connectivity index (χ0) is 59.2. The molecule has 0 bridgehead atoms. The SMILES string of the molecule is CC.COc1ccc(N(C)c2nncc3cc(F)ccc23)cc1.COc1ccc(N(C)c2nncc3ccc(F)cc23)cc1.Fc1ccc2c(Cl)nnc(Cl)c2c1.O=C1OC(=O)c2cc(F)ccc21.O=c1[nH][nH]c(=O)c2cc(F)ccc12. The molecule has 0 saturated carbocycles. The molecule has 0 spiro atoms. The van der Waals surface area contributed by atoms with Gasteiger partial charge in [-0.25, -0.2) is 31.5 Å². The van der Waals surface area contributed by atoms with E-state index in [-0.39, 0.29) is 49.7 Å². The second-order valence-corrected chi connectivity index (χ2v) is 17.5. The summed E-state index contributed by atoms with van der Waals surface area (Å²) in [5.41, 5.74) is 1.05. The highest BCUT2D eigenvalue weighted by Crippen LogP contribution is 2.32. The standard InChI is InChI=1S/2C16H14FN3O.C8H3Cl2FN2.C8H5FN2O2.C8H3FO3.C2H6/c1-20(13-4-6-14(21-2)7-5-13)16-15-8-3-12(17)9-11(15)10-18-19-16;1-20(13-5-7-14(21-2)8-6-13)16-15-9-12(17)4-3-11(15)10-18-19-16;9-7-5-2-1-4(11)3-6(5)8(10)13-12-7;9-4-1-2-5-6(3-4)8(13)11-10-7(5)12;9-4-1-2-5-6(3-4)8(11)12-7(5)10;1-2/h2*3-10H,1-2H3;1-3H;1-3H,(H,10,12)(H,11,13);1-3H;1-2H3. The Balaban J connectivity index is 0.000000149. The van der Waals surface area contributed by atoms with Crippen LogP contribution in [0.4, 0.5) is 45.0 Å². The highest BCUT2D eigenvalue weighted by Gasteiger charge is 2.29. The van der Waals surface area contributed by atoms with Crippen molar-refractivity contribution < 1.29 is 45.8 Å². The molecule has 0 saturated heterocycles. The van der Waals surface area contributed by atoms with E-state index in [2.05, 4.69) is 45.5 Å². The van der Waals surface area contributed by atoms with E-state index in [1.165, 1.54) is 54.6 Å². The van der Waals surface area contributed by atoms with Crippen molar-refractivity contribution in [2.24, 2.45) is 0 Å². The molecule has 5 heterocycles. The average Bonchev–Trinajstić information content (AvgIpc) is 3.95. The van der Waals surface area contributed by atoms with E-state index in [4.69, 9.17) is 32.7 Å². The van der Waals surface area contributed by atoms with Crippen molar-refractivity contribution in [3.63, 3.8) is 0 Å². The number of halogens is 7. The first-order valence-corrected chi connectivity index (χ1v) is 25.0. The number of aromatic nitrogens is 8. The van der Waals surface area contributed by atoms with Gasteiger partial charge in [0.2, 0.25) is 0 Å². The molecule has 82 heavy (non-hydrogen) atoms. The number of hydrogen-bond donors (Lipinski definition) is 2. The topological polar surface area (TPSA) is 211 Å². The van der Waals surface area contributed by atoms with E-state index in [0.29, 0.717) is 22.4 Å². The third-order valence-electron chi connectivity index (χ3n) is 11.8. The van der Waals surface area contributed by atoms with E-state index in [0.717, 1.165) is 68.7 Å². The van der Waals surface area contributed by atoms with Crippen molar-refractivity contribution in [1.82, 2.24) is 40.8 Å². The van der Waals surface area contributed by atoms with Gasteiger partial charge in [-0.05, 0) is 140 Å². The van der Waals surface area contributed by atoms with Crippen LogP contribution in [0.25, 0.3) is 43.1 Å². The summed E-state index contributed by atoms with van der Waals surface area (Å²) in [7, 11) is 7.02. The minimum absolute atomic E-state index is 0.000000000000000444. The predicted octanol–water partition coefficient (Wildman–Crippen LogP) is 12.7. The predicted molar refractivity (Wildman–Crippen MR) is 303 cm³/mol. The molecule has 1 aliphatic heterocycles. The lowest BCUT2D eigenvalue weighted by Gasteiger charge is -2.19. The van der Waals surface area contributed by atoms with Gasteiger partial charge >= 0.3 is 11.9 Å². The lowest BCUT2D eigenvalue weighted by Crippen LogP contribution is -2.18. The summed E-state index contributed by atoms with van der Waals surface area (Å²) in [4.78, 5) is 47.6. The summed E-state index contributed by atoms with van der Waals surface area (Å²) in [6.45, 7) is 4.00. The van der Waals surface area contributed by atoms with Crippen molar-refractivity contribution in [2.45, 2.75) is 13.8 Å². The second-order valence-electron chi connectivity index (χ2n) is 16.8. The number of nitrogens with zero attached hydrogens (tertiary/aromatic N) is 8. The van der Waals surface area contributed by atoms with E-state index in [9.17, 15) is 41.1 Å². The van der Waals surface area contributed by atoms with E-state index in [1.54, 1.807) is 38.7 Å². The van der Waals surface area contributed by atoms with E-state index < -0.39 is 34.7 Å². The molecule has 0 aliphatic carbocycles. The molecule has 0 fully saturated rings. The number of H-pyrrole nitrogens is 2. The van der Waals surface area contributed by atoms with Crippen molar-refractivity contribution in [2.75, 3.05) is 38.1 Å². The third kappa shape index (κ3) is 14.3. The molecule has 0 amide bonds. The fourth-order valence-electron chi connectivity index (χ4n) is 7.70. The number of benzene rings is 7. The average molecular weight is 1160 g/mol. The molecule has 0 atom stereocenters. The number of aromatic amines is 2. The third-order valence-corrected chi connectivity index (χ3v) is 12.3. The van der Waals surface area contributed by atoms with Crippen molar-refractivity contribution in [3.8, 4) is 11.5 Å². The molecule has 0 unspecified atom stereocenters. The molecule has 4 aromatic heterocycles. The van der Waals surface area contributed by atoms with Crippen molar-refractivity contribution >= 4 is 101 Å². The Bertz CT molecular complexity index is 4220. The van der Waals surface area contributed by atoms with Crippen LogP contribution < -0.4 is 30.4 Å². The Labute approximate surface area is 472 Å². The van der Waals surface area contributed by atoms with Crippen LogP contribution >= 0.6 is 23.2 Å². The maximum atomic E-state index is 13.5. The number of ether oxygens (including phenoxy) is 3. The van der Waals surface area contributed by atoms with Gasteiger partial charge in [-0.1, -0.05) is 37.0 Å². The summed E-state index contributed by atoms with van der Waals surface area (Å²) in [5, 5.41) is 32.5. The molecule has 12 rings (SSSR count). The number of nitrogens with one attached hydrogen (secondary N) is 2. The lowest BCUT2D eigenvalue weighted by atomic mass is 10.1. The van der Waals surface area contributed by atoms with Gasteiger partial charge in [0, 0.05) is 57.8 Å². The molecule has 7 aromatic carbocycles. The molecular weight excluding hydrogens is 1110 g/mol. The molecule has 11 aromatic rings. The monoisotopic (exact) mass is 1160 g/mol. The van der Waals surface area contributed by atoms with Crippen LogP contribution in [0.2, 0.25) is 10.3 Å². The molecule has 0 radical (unpaired) electrons. The van der Waals surface area contributed by atoms with Crippen LogP contribution in [0, 0.1) is 29.1 Å². The number of carbonyl (C=O) groups is 2. The Hall–Kier alpha value is -9.93. The van der Waals surface area contributed by atoms with Gasteiger partial charge in [-0.15, -0.1) is 20.4 Å². The van der Waals surface area contributed by atoms with Gasteiger partial charge in [0.1, 0.15) is 40.6 Å². The van der Waals surface area contributed by atoms with Crippen LogP contribution in [0.3, 0.4) is 0 Å². The number of esters is 2. The highest BCUT2D eigenvalue weighted by molar-refractivity contribution is 6.38. The summed E-state index contributed by atoms with van der Waals surface area (Å²) in [5.74, 6) is -0.685. The van der Waals surface area contributed by atoms with Crippen molar-refractivity contribution in [1.29, 1.82) is 0 Å². The Kier molecular flexibility index (Phi) is 19.9. The summed E-state index contributed by atoms with van der Waals surface area (Å²) < 4.78 is 79.4. The van der Waals surface area contributed by atoms with Gasteiger partial charge < -0.3 is 24.0 Å². The van der Waals surface area contributed by atoms with Crippen LogP contribution in [-0.2, 0) is 4.74 Å². The minimum atomic E-state index is -0.783. The number of rotatable bonds is 6. The van der Waals surface area contributed by atoms with Crippen molar-refractivity contribution in [3.05, 3.63) is 223 Å². The fraction of sp³-hybridized carbons (Fsp3) is 0.103. The lowest BCUT2D eigenvalue weighted by molar-refractivity contribution is 0.0443. The van der Waals surface area contributed by atoms with Crippen LogP contribution in [-0.4, -0.2) is 81.0 Å². The van der Waals surface area contributed by atoms with Gasteiger partial charge in [-0.3, -0.25) is 19.8 Å². The summed E-state index contributed by atoms with van der Waals surface area (Å²) in [6, 6.07) is 35.2. The molecule has 418 valence electrons. The zero-order valence-corrected chi connectivity index (χ0v) is 45.5. The Morgan fingerprint density at radius 3 is 1.41 bits per heavy atom. The number of methoxy groups -OCH3 is 2. The fourth-order valence-corrected chi connectivity index (χ4v) is 8.10. The van der Waals surface area contributed by atoms with Crippen LogP contribution in [0.15, 0.2) is 162 Å². The number of carbonyl (C=O) groups excluding carboxylic acids is 2. The zero-order valence-electron chi connectivity index (χ0n) is 44.0. The first-order chi connectivity index (χ1) is 39.4. The number of hydrogen-bond acceptors (Lipinski definition) is 15. The molecule has 2 N–H and O–H groups in total. The second kappa shape index (κ2) is 27.3. The van der Waals surface area contributed by atoms with Gasteiger partial charge in [-0.2, -0.15) is 10.2 Å². The quantitative estimate of drug-likeness (QED) is 0.0901. The van der Waals surface area contributed by atoms with Gasteiger partial charge in [0.05, 0.1) is 48.5 Å². The van der Waals surface area contributed by atoms with Crippen LogP contribution in [0.1, 0.15) is 34.6 Å². The van der Waals surface area contributed by atoms with E-state index in [1.807, 2.05) is 86.3 Å². The number of fused-ring (bicyclic) bond motifs is 5. The Morgan fingerprint density at radius 1 is 0.439 bits per heavy atom. The highest BCUT2D eigenvalue weighted by atomic mass is 35.5. The normalized spacial score (nSPS) is 11.0.